The van der Waals surface area contributed by atoms with Gasteiger partial charge in [-0.05, 0) is 29.3 Å². The van der Waals surface area contributed by atoms with E-state index in [2.05, 4.69) is 11.1 Å². The van der Waals surface area contributed by atoms with Crippen molar-refractivity contribution in [2.24, 2.45) is 5.73 Å². The van der Waals surface area contributed by atoms with Crippen molar-refractivity contribution in [1.82, 2.24) is 4.98 Å². The average Bonchev–Trinajstić information content (AvgIpc) is 2.84. The molecular formula is C16H15FN2. The Morgan fingerprint density at radius 2 is 1.95 bits per heavy atom. The van der Waals surface area contributed by atoms with E-state index in [1.807, 2.05) is 30.5 Å². The molecule has 1 unspecified atom stereocenters. The predicted octanol–water partition coefficient (Wildman–Crippen LogP) is 3.40. The zero-order valence-corrected chi connectivity index (χ0v) is 10.4. The number of aromatic nitrogens is 1. The molecule has 0 radical (unpaired) electrons. The summed E-state index contributed by atoms with van der Waals surface area (Å²) < 4.78 is 13.4. The molecule has 0 bridgehead atoms. The third kappa shape index (κ3) is 2.13. The number of halogens is 1. The summed E-state index contributed by atoms with van der Waals surface area (Å²) in [7, 11) is 0. The van der Waals surface area contributed by atoms with Crippen molar-refractivity contribution in [1.29, 1.82) is 0 Å². The maximum Gasteiger partial charge on any atom is 0.123 e. The molecule has 1 heterocycles. The van der Waals surface area contributed by atoms with E-state index in [-0.39, 0.29) is 11.7 Å². The highest BCUT2D eigenvalue weighted by molar-refractivity contribution is 5.84. The molecule has 2 nitrogen and oxygen atoms in total. The standard InChI is InChI=1S/C16H15FN2/c17-12-5-3-4-11(8-12)14(9-18)15-10-19-16-7-2-1-6-13(15)16/h1-8,10,14,19H,9,18H2. The number of hydrogen-bond acceptors (Lipinski definition) is 1. The highest BCUT2D eigenvalue weighted by atomic mass is 19.1. The molecule has 0 aliphatic heterocycles. The molecule has 0 fully saturated rings. The summed E-state index contributed by atoms with van der Waals surface area (Å²) in [6, 6.07) is 14.7. The molecule has 3 N–H and O–H groups in total. The van der Waals surface area contributed by atoms with Gasteiger partial charge in [-0.15, -0.1) is 0 Å². The lowest BCUT2D eigenvalue weighted by Gasteiger charge is -2.14. The van der Waals surface area contributed by atoms with Gasteiger partial charge in [0.25, 0.3) is 0 Å². The Bertz CT molecular complexity index is 703. The second kappa shape index (κ2) is 4.86. The molecule has 2 aromatic carbocycles. The van der Waals surface area contributed by atoms with Crippen molar-refractivity contribution in [3.8, 4) is 0 Å². The molecule has 0 aliphatic carbocycles. The number of para-hydroxylation sites is 1. The van der Waals surface area contributed by atoms with Crippen LogP contribution >= 0.6 is 0 Å². The molecule has 3 rings (SSSR count). The van der Waals surface area contributed by atoms with Gasteiger partial charge in [0.2, 0.25) is 0 Å². The largest absolute Gasteiger partial charge is 0.361 e. The van der Waals surface area contributed by atoms with E-state index in [4.69, 9.17) is 5.73 Å². The smallest absolute Gasteiger partial charge is 0.123 e. The lowest BCUT2D eigenvalue weighted by atomic mass is 9.91. The van der Waals surface area contributed by atoms with Crippen molar-refractivity contribution in [2.45, 2.75) is 5.92 Å². The first-order valence-corrected chi connectivity index (χ1v) is 6.31. The van der Waals surface area contributed by atoms with E-state index in [0.717, 1.165) is 22.0 Å². The fourth-order valence-corrected chi connectivity index (χ4v) is 2.55. The lowest BCUT2D eigenvalue weighted by molar-refractivity contribution is 0.623. The van der Waals surface area contributed by atoms with Crippen LogP contribution in [0.4, 0.5) is 4.39 Å². The van der Waals surface area contributed by atoms with Gasteiger partial charge in [0.1, 0.15) is 5.82 Å². The van der Waals surface area contributed by atoms with Crippen LogP contribution in [0, 0.1) is 5.82 Å². The lowest BCUT2D eigenvalue weighted by Crippen LogP contribution is -2.13. The second-order valence-corrected chi connectivity index (χ2v) is 4.63. The van der Waals surface area contributed by atoms with E-state index in [1.54, 1.807) is 12.1 Å². The summed E-state index contributed by atoms with van der Waals surface area (Å²) in [5.74, 6) is -0.220. The summed E-state index contributed by atoms with van der Waals surface area (Å²) in [6.07, 6.45) is 1.97. The molecule has 1 aromatic heterocycles. The first-order chi connectivity index (χ1) is 9.29. The van der Waals surface area contributed by atoms with Gasteiger partial charge in [0, 0.05) is 29.6 Å². The minimum absolute atomic E-state index is 0.00634. The normalized spacial score (nSPS) is 12.7. The van der Waals surface area contributed by atoms with Crippen LogP contribution in [-0.4, -0.2) is 11.5 Å². The fraction of sp³-hybridized carbons (Fsp3) is 0.125. The minimum atomic E-state index is -0.226. The molecule has 0 saturated carbocycles. The number of H-pyrrole nitrogens is 1. The predicted molar refractivity (Wildman–Crippen MR) is 75.6 cm³/mol. The van der Waals surface area contributed by atoms with Gasteiger partial charge in [0.05, 0.1) is 0 Å². The quantitative estimate of drug-likeness (QED) is 0.739. The number of nitrogens with one attached hydrogen (secondary N) is 1. The topological polar surface area (TPSA) is 41.8 Å². The Hall–Kier alpha value is -2.13. The number of benzene rings is 2. The Morgan fingerprint density at radius 3 is 2.74 bits per heavy atom. The van der Waals surface area contributed by atoms with Crippen LogP contribution in [0.15, 0.2) is 54.7 Å². The van der Waals surface area contributed by atoms with Crippen LogP contribution in [0.5, 0.6) is 0 Å². The average molecular weight is 254 g/mol. The third-order valence-corrected chi connectivity index (χ3v) is 3.48. The van der Waals surface area contributed by atoms with Crippen LogP contribution in [0.1, 0.15) is 17.0 Å². The van der Waals surface area contributed by atoms with Crippen LogP contribution in [0.2, 0.25) is 0 Å². The van der Waals surface area contributed by atoms with E-state index < -0.39 is 0 Å². The minimum Gasteiger partial charge on any atom is -0.361 e. The number of rotatable bonds is 3. The van der Waals surface area contributed by atoms with Crippen molar-refractivity contribution in [3.63, 3.8) is 0 Å². The number of hydrogen-bond donors (Lipinski definition) is 2. The maximum absolute atomic E-state index is 13.4. The van der Waals surface area contributed by atoms with Gasteiger partial charge in [-0.3, -0.25) is 0 Å². The van der Waals surface area contributed by atoms with E-state index in [9.17, 15) is 4.39 Å². The zero-order chi connectivity index (χ0) is 13.2. The van der Waals surface area contributed by atoms with Crippen LogP contribution in [0.25, 0.3) is 10.9 Å². The van der Waals surface area contributed by atoms with Gasteiger partial charge in [-0.2, -0.15) is 0 Å². The molecule has 0 amide bonds. The number of aromatic amines is 1. The van der Waals surface area contributed by atoms with Crippen molar-refractivity contribution >= 4 is 10.9 Å². The first kappa shape index (κ1) is 11.9. The second-order valence-electron chi connectivity index (χ2n) is 4.63. The van der Waals surface area contributed by atoms with Gasteiger partial charge in [-0.25, -0.2) is 4.39 Å². The summed E-state index contributed by atoms with van der Waals surface area (Å²) in [5.41, 5.74) is 9.00. The van der Waals surface area contributed by atoms with E-state index in [0.29, 0.717) is 6.54 Å². The third-order valence-electron chi connectivity index (χ3n) is 3.48. The highest BCUT2D eigenvalue weighted by Crippen LogP contribution is 2.30. The summed E-state index contributed by atoms with van der Waals surface area (Å²) in [4.78, 5) is 3.24. The van der Waals surface area contributed by atoms with Crippen LogP contribution in [-0.2, 0) is 0 Å². The summed E-state index contributed by atoms with van der Waals surface area (Å²) in [5, 5.41) is 1.14. The Balaban J connectivity index is 2.12. The molecular weight excluding hydrogens is 239 g/mol. The van der Waals surface area contributed by atoms with Crippen LogP contribution < -0.4 is 5.73 Å². The first-order valence-electron chi connectivity index (χ1n) is 6.31. The Labute approximate surface area is 111 Å². The Kier molecular flexibility index (Phi) is 3.05. The van der Waals surface area contributed by atoms with Crippen molar-refractivity contribution < 1.29 is 4.39 Å². The van der Waals surface area contributed by atoms with Gasteiger partial charge in [0.15, 0.2) is 0 Å². The zero-order valence-electron chi connectivity index (χ0n) is 10.4. The van der Waals surface area contributed by atoms with Gasteiger partial charge < -0.3 is 10.7 Å². The molecule has 3 heteroatoms. The molecule has 3 aromatic rings. The fourth-order valence-electron chi connectivity index (χ4n) is 2.55. The summed E-state index contributed by atoms with van der Waals surface area (Å²) >= 11 is 0. The molecule has 0 aliphatic rings. The molecule has 19 heavy (non-hydrogen) atoms. The molecule has 96 valence electrons. The van der Waals surface area contributed by atoms with Crippen molar-refractivity contribution in [2.75, 3.05) is 6.54 Å². The maximum atomic E-state index is 13.4. The molecule has 0 spiro atoms. The van der Waals surface area contributed by atoms with E-state index >= 15 is 0 Å². The number of nitrogens with two attached hydrogens (primary N) is 1. The Morgan fingerprint density at radius 1 is 1.11 bits per heavy atom. The van der Waals surface area contributed by atoms with E-state index in [1.165, 1.54) is 6.07 Å². The van der Waals surface area contributed by atoms with Crippen LogP contribution in [0.3, 0.4) is 0 Å². The SMILES string of the molecule is NCC(c1cccc(F)c1)c1c[nH]c2ccccc12. The van der Waals surface area contributed by atoms with Crippen molar-refractivity contribution in [3.05, 3.63) is 71.7 Å². The molecule has 1 atom stereocenters. The number of fused-ring (bicyclic) bond motifs is 1. The highest BCUT2D eigenvalue weighted by Gasteiger charge is 2.16. The molecule has 0 saturated heterocycles. The van der Waals surface area contributed by atoms with Gasteiger partial charge in [-0.1, -0.05) is 30.3 Å². The monoisotopic (exact) mass is 254 g/mol. The summed E-state index contributed by atoms with van der Waals surface area (Å²) in [6.45, 7) is 0.450. The van der Waals surface area contributed by atoms with Gasteiger partial charge >= 0.3 is 0 Å².